The molecule has 0 radical (unpaired) electrons. The Labute approximate surface area is 194 Å². The molecule has 0 aliphatic heterocycles. The summed E-state index contributed by atoms with van der Waals surface area (Å²) >= 11 is 1.35. The van der Waals surface area contributed by atoms with Gasteiger partial charge in [0, 0.05) is 6.42 Å². The van der Waals surface area contributed by atoms with Crippen molar-refractivity contribution in [1.29, 1.82) is 0 Å². The number of hydrogen-bond donors (Lipinski definition) is 8. The van der Waals surface area contributed by atoms with E-state index in [9.17, 15) is 33.9 Å². The lowest BCUT2D eigenvalue weighted by atomic mass is 10.1. The Kier molecular flexibility index (Phi) is 13.7. The van der Waals surface area contributed by atoms with Crippen LogP contribution in [-0.4, -0.2) is 88.0 Å². The Morgan fingerprint density at radius 2 is 1.42 bits per heavy atom. The summed E-state index contributed by atoms with van der Waals surface area (Å²) in [5, 5.41) is 25.5. The van der Waals surface area contributed by atoms with Crippen LogP contribution in [0.1, 0.15) is 32.6 Å². The van der Waals surface area contributed by atoms with Crippen molar-refractivity contribution < 1.29 is 39.0 Å². The summed E-state index contributed by atoms with van der Waals surface area (Å²) in [5.74, 6) is -5.34. The zero-order valence-electron chi connectivity index (χ0n) is 18.4. The van der Waals surface area contributed by atoms with Crippen LogP contribution >= 0.6 is 11.8 Å². The number of thioether (sulfide) groups is 1. The molecule has 0 rings (SSSR count). The van der Waals surface area contributed by atoms with Crippen LogP contribution in [0, 0.1) is 0 Å². The molecule has 0 aromatic rings. The minimum absolute atomic E-state index is 0.0836. The molecule has 5 atom stereocenters. The predicted molar refractivity (Wildman–Crippen MR) is 118 cm³/mol. The normalized spacial score (nSPS) is 15.3. The number of carboxylic acid groups (broad SMARTS) is 1. The number of nitrogens with two attached hydrogens (primary N) is 3. The molecule has 15 heteroatoms. The number of hydrogen-bond acceptors (Lipinski definition) is 9. The number of aliphatic carboxylic acids is 1. The SMILES string of the molecule is CSCCC(NC(=O)C(CC(N)=O)NC(=O)C(N)CCC(N)=O)C(=O)NC(C(=O)O)C(C)O. The van der Waals surface area contributed by atoms with E-state index in [1.54, 1.807) is 6.26 Å². The number of nitrogens with one attached hydrogen (secondary N) is 3. The van der Waals surface area contributed by atoms with Crippen molar-refractivity contribution in [3.05, 3.63) is 0 Å². The van der Waals surface area contributed by atoms with Gasteiger partial charge in [-0.1, -0.05) is 0 Å². The van der Waals surface area contributed by atoms with Crippen LogP contribution in [0.25, 0.3) is 0 Å². The molecule has 0 fully saturated rings. The van der Waals surface area contributed by atoms with Crippen molar-refractivity contribution in [2.45, 2.75) is 62.9 Å². The predicted octanol–water partition coefficient (Wildman–Crippen LogP) is -3.87. The number of aliphatic hydroxyl groups is 1. The van der Waals surface area contributed by atoms with Gasteiger partial charge >= 0.3 is 5.97 Å². The Morgan fingerprint density at radius 1 is 0.879 bits per heavy atom. The summed E-state index contributed by atoms with van der Waals surface area (Å²) in [6.07, 6.45) is -0.460. The van der Waals surface area contributed by atoms with E-state index < -0.39 is 72.2 Å². The fourth-order valence-corrected chi connectivity index (χ4v) is 3.01. The number of carbonyl (C=O) groups excluding carboxylic acids is 5. The van der Waals surface area contributed by atoms with Gasteiger partial charge in [-0.05, 0) is 31.8 Å². The summed E-state index contributed by atoms with van der Waals surface area (Å²) in [6, 6.07) is -5.53. The number of aliphatic hydroxyl groups excluding tert-OH is 1. The molecule has 0 aromatic heterocycles. The van der Waals surface area contributed by atoms with Crippen molar-refractivity contribution >= 4 is 47.3 Å². The molecule has 14 nitrogen and oxygen atoms in total. The zero-order chi connectivity index (χ0) is 25.7. The third kappa shape index (κ3) is 12.1. The van der Waals surface area contributed by atoms with Crippen LogP contribution < -0.4 is 33.2 Å². The molecular weight excluding hydrogens is 460 g/mol. The maximum atomic E-state index is 12.7. The van der Waals surface area contributed by atoms with E-state index in [-0.39, 0.29) is 19.3 Å². The third-order valence-electron chi connectivity index (χ3n) is 4.37. The molecule has 11 N–H and O–H groups in total. The van der Waals surface area contributed by atoms with Gasteiger partial charge in [0.15, 0.2) is 6.04 Å². The van der Waals surface area contributed by atoms with Gasteiger partial charge < -0.3 is 43.4 Å². The lowest BCUT2D eigenvalue weighted by molar-refractivity contribution is -0.145. The van der Waals surface area contributed by atoms with Gasteiger partial charge in [-0.15, -0.1) is 0 Å². The van der Waals surface area contributed by atoms with Crippen molar-refractivity contribution in [3.63, 3.8) is 0 Å². The molecule has 0 saturated carbocycles. The molecule has 5 amide bonds. The van der Waals surface area contributed by atoms with Gasteiger partial charge in [0.25, 0.3) is 0 Å². The van der Waals surface area contributed by atoms with Gasteiger partial charge in [-0.3, -0.25) is 24.0 Å². The van der Waals surface area contributed by atoms with Gasteiger partial charge in [-0.25, -0.2) is 4.79 Å². The van der Waals surface area contributed by atoms with E-state index in [0.717, 1.165) is 0 Å². The van der Waals surface area contributed by atoms with Gasteiger partial charge in [0.05, 0.1) is 18.6 Å². The number of primary amides is 2. The molecule has 0 aliphatic carbocycles. The standard InChI is InChI=1S/C18H32N6O8S/c1-8(25)14(18(31)32)24-16(29)10(5-6-33-2)22-17(30)11(7-13(21)27)23-15(28)9(19)3-4-12(20)26/h8-11,14,25H,3-7,19H2,1-2H3,(H2,20,26)(H2,21,27)(H,22,30)(H,23,28)(H,24,29)(H,31,32). The molecule has 188 valence electrons. The Balaban J connectivity index is 5.44. The molecular formula is C18H32N6O8S. The Morgan fingerprint density at radius 3 is 1.88 bits per heavy atom. The van der Waals surface area contributed by atoms with E-state index in [0.29, 0.717) is 5.75 Å². The number of amides is 5. The highest BCUT2D eigenvalue weighted by Gasteiger charge is 2.32. The number of rotatable bonds is 16. The first-order chi connectivity index (χ1) is 15.3. The van der Waals surface area contributed by atoms with Crippen LogP contribution in [0.4, 0.5) is 0 Å². The lowest BCUT2D eigenvalue weighted by Gasteiger charge is -2.25. The van der Waals surface area contributed by atoms with E-state index in [2.05, 4.69) is 16.0 Å². The quantitative estimate of drug-likeness (QED) is 0.104. The van der Waals surface area contributed by atoms with E-state index >= 15 is 0 Å². The van der Waals surface area contributed by atoms with Crippen LogP contribution in [0.5, 0.6) is 0 Å². The largest absolute Gasteiger partial charge is 0.480 e. The first-order valence-electron chi connectivity index (χ1n) is 9.93. The van der Waals surface area contributed by atoms with Crippen LogP contribution in [0.2, 0.25) is 0 Å². The summed E-state index contributed by atoms with van der Waals surface area (Å²) in [5.41, 5.74) is 15.8. The highest BCUT2D eigenvalue weighted by Crippen LogP contribution is 2.05. The smallest absolute Gasteiger partial charge is 0.328 e. The minimum Gasteiger partial charge on any atom is -0.480 e. The highest BCUT2D eigenvalue weighted by atomic mass is 32.2. The van der Waals surface area contributed by atoms with Crippen LogP contribution in [0.15, 0.2) is 0 Å². The van der Waals surface area contributed by atoms with Crippen LogP contribution in [0.3, 0.4) is 0 Å². The van der Waals surface area contributed by atoms with Crippen molar-refractivity contribution in [2.24, 2.45) is 17.2 Å². The molecule has 33 heavy (non-hydrogen) atoms. The zero-order valence-corrected chi connectivity index (χ0v) is 19.2. The first kappa shape index (κ1) is 30.1. The van der Waals surface area contributed by atoms with Crippen molar-refractivity contribution in [2.75, 3.05) is 12.0 Å². The van der Waals surface area contributed by atoms with Crippen LogP contribution in [-0.2, 0) is 28.8 Å². The topological polar surface area (TPSA) is 257 Å². The fourth-order valence-electron chi connectivity index (χ4n) is 2.54. The highest BCUT2D eigenvalue weighted by molar-refractivity contribution is 7.98. The average molecular weight is 493 g/mol. The van der Waals surface area contributed by atoms with Gasteiger partial charge in [-0.2, -0.15) is 11.8 Å². The monoisotopic (exact) mass is 492 g/mol. The van der Waals surface area contributed by atoms with Gasteiger partial charge in [0.1, 0.15) is 12.1 Å². The maximum Gasteiger partial charge on any atom is 0.328 e. The van der Waals surface area contributed by atoms with E-state index in [1.165, 1.54) is 18.7 Å². The summed E-state index contributed by atoms with van der Waals surface area (Å²) in [7, 11) is 0. The second kappa shape index (κ2) is 15.0. The number of carboxylic acids is 1. The first-order valence-corrected chi connectivity index (χ1v) is 11.3. The lowest BCUT2D eigenvalue weighted by Crippen LogP contribution is -2.58. The molecule has 0 saturated heterocycles. The Hall–Kier alpha value is -2.91. The van der Waals surface area contributed by atoms with Crippen molar-refractivity contribution in [1.82, 2.24) is 16.0 Å². The average Bonchev–Trinajstić information content (AvgIpc) is 2.71. The second-order valence-corrected chi connectivity index (χ2v) is 8.24. The summed E-state index contributed by atoms with van der Waals surface area (Å²) < 4.78 is 0. The molecule has 0 heterocycles. The minimum atomic E-state index is -1.62. The fraction of sp³-hybridized carbons (Fsp3) is 0.667. The third-order valence-corrected chi connectivity index (χ3v) is 5.01. The summed E-state index contributed by atoms with van der Waals surface area (Å²) in [4.78, 5) is 71.0. The van der Waals surface area contributed by atoms with E-state index in [4.69, 9.17) is 22.3 Å². The maximum absolute atomic E-state index is 12.7. The molecule has 5 unspecified atom stereocenters. The second-order valence-electron chi connectivity index (χ2n) is 7.25. The number of carbonyl (C=O) groups is 6. The van der Waals surface area contributed by atoms with Crippen molar-refractivity contribution in [3.8, 4) is 0 Å². The Bertz CT molecular complexity index is 735. The van der Waals surface area contributed by atoms with E-state index in [1.807, 2.05) is 0 Å². The van der Waals surface area contributed by atoms with Gasteiger partial charge in [0.2, 0.25) is 29.5 Å². The molecule has 0 aromatic carbocycles. The molecule has 0 bridgehead atoms. The molecule has 0 aliphatic rings. The molecule has 0 spiro atoms. The summed E-state index contributed by atoms with van der Waals surface area (Å²) in [6.45, 7) is 1.18.